The molecule has 0 heterocycles. The van der Waals surface area contributed by atoms with Gasteiger partial charge in [-0.3, -0.25) is 0 Å². The lowest BCUT2D eigenvalue weighted by atomic mass is 10.1. The Balaban J connectivity index is 2.38. The number of aryl methyl sites for hydroxylation is 1. The maximum atomic E-state index is 11.9. The summed E-state index contributed by atoms with van der Waals surface area (Å²) in [6.07, 6.45) is -4.15. The summed E-state index contributed by atoms with van der Waals surface area (Å²) in [6, 6.07) is 7.36. The highest BCUT2D eigenvalue weighted by molar-refractivity contribution is 5.22. The molecule has 1 rings (SSSR count). The monoisotopic (exact) mass is 217 g/mol. The van der Waals surface area contributed by atoms with Gasteiger partial charge in [0.15, 0.2) is 0 Å². The molecule has 84 valence electrons. The molecule has 15 heavy (non-hydrogen) atoms. The number of hydrogen-bond acceptors (Lipinski definition) is 1. The van der Waals surface area contributed by atoms with Crippen molar-refractivity contribution >= 4 is 0 Å². The van der Waals surface area contributed by atoms with E-state index in [0.717, 1.165) is 11.1 Å². The number of hydrogen-bond donors (Lipinski definition) is 1. The number of halogens is 3. The van der Waals surface area contributed by atoms with Crippen molar-refractivity contribution in [3.05, 3.63) is 35.4 Å². The minimum absolute atomic E-state index is 0.144. The fourth-order valence-electron chi connectivity index (χ4n) is 1.33. The Morgan fingerprint density at radius 1 is 1.00 bits per heavy atom. The van der Waals surface area contributed by atoms with Crippen LogP contribution in [0.2, 0.25) is 0 Å². The van der Waals surface area contributed by atoms with E-state index in [1.807, 2.05) is 24.3 Å². The van der Waals surface area contributed by atoms with Gasteiger partial charge in [-0.25, -0.2) is 0 Å². The van der Waals surface area contributed by atoms with E-state index in [-0.39, 0.29) is 6.42 Å². The van der Waals surface area contributed by atoms with Crippen LogP contribution in [0.3, 0.4) is 0 Å². The zero-order chi connectivity index (χ0) is 11.3. The van der Waals surface area contributed by atoms with Crippen molar-refractivity contribution in [2.24, 2.45) is 5.73 Å². The summed E-state index contributed by atoms with van der Waals surface area (Å²) in [5, 5.41) is 0. The third kappa shape index (κ3) is 4.83. The average molecular weight is 217 g/mol. The lowest BCUT2D eigenvalue weighted by Crippen LogP contribution is -2.07. The molecule has 0 amide bonds. The second-order valence-electron chi connectivity index (χ2n) is 3.49. The van der Waals surface area contributed by atoms with Crippen molar-refractivity contribution in [1.29, 1.82) is 0 Å². The average Bonchev–Trinajstić information content (AvgIpc) is 2.17. The van der Waals surface area contributed by atoms with Crippen LogP contribution in [0.5, 0.6) is 0 Å². The van der Waals surface area contributed by atoms with Gasteiger partial charge in [-0.2, -0.15) is 13.2 Å². The molecule has 0 unspecified atom stereocenters. The number of benzene rings is 1. The number of nitrogens with two attached hydrogens (primary N) is 1. The molecule has 0 aromatic heterocycles. The molecule has 0 radical (unpaired) electrons. The van der Waals surface area contributed by atoms with E-state index >= 15 is 0 Å². The molecule has 0 saturated heterocycles. The Kier molecular flexibility index (Phi) is 4.15. The highest BCUT2D eigenvalue weighted by Crippen LogP contribution is 2.22. The first-order chi connectivity index (χ1) is 7.01. The van der Waals surface area contributed by atoms with E-state index < -0.39 is 12.6 Å². The molecule has 0 aliphatic carbocycles. The summed E-state index contributed by atoms with van der Waals surface area (Å²) < 4.78 is 35.6. The molecule has 0 saturated carbocycles. The van der Waals surface area contributed by atoms with Gasteiger partial charge in [-0.05, 0) is 24.0 Å². The van der Waals surface area contributed by atoms with E-state index in [1.165, 1.54) is 0 Å². The van der Waals surface area contributed by atoms with Gasteiger partial charge in [0.2, 0.25) is 0 Å². The summed E-state index contributed by atoms with van der Waals surface area (Å²) in [5.41, 5.74) is 7.33. The van der Waals surface area contributed by atoms with Gasteiger partial charge in [-0.1, -0.05) is 24.3 Å². The highest BCUT2D eigenvalue weighted by Gasteiger charge is 2.25. The normalized spacial score (nSPS) is 11.7. The Morgan fingerprint density at radius 3 is 2.00 bits per heavy atom. The number of alkyl halides is 3. The zero-order valence-electron chi connectivity index (χ0n) is 8.35. The molecule has 0 atom stereocenters. The summed E-state index contributed by atoms with van der Waals surface area (Å²) in [6.45, 7) is 0.461. The predicted octanol–water partition coefficient (Wildman–Crippen LogP) is 3.03. The minimum atomic E-state index is -4.04. The second kappa shape index (κ2) is 5.16. The molecular weight excluding hydrogens is 203 g/mol. The van der Waals surface area contributed by atoms with Crippen molar-refractivity contribution in [2.45, 2.75) is 32.0 Å². The van der Waals surface area contributed by atoms with Gasteiger partial charge < -0.3 is 5.73 Å². The summed E-state index contributed by atoms with van der Waals surface area (Å²) in [4.78, 5) is 0. The predicted molar refractivity (Wildman–Crippen MR) is 53.3 cm³/mol. The van der Waals surface area contributed by atoms with E-state index in [9.17, 15) is 13.2 Å². The van der Waals surface area contributed by atoms with E-state index in [4.69, 9.17) is 5.73 Å². The third-order valence-electron chi connectivity index (χ3n) is 2.18. The first-order valence-corrected chi connectivity index (χ1v) is 4.86. The van der Waals surface area contributed by atoms with Crippen LogP contribution in [-0.2, 0) is 13.0 Å². The standard InChI is InChI=1S/C11H14F3N/c12-11(13,14)7-1-2-9-3-5-10(8-15)6-4-9/h3-6H,1-2,7-8,15H2. The van der Waals surface area contributed by atoms with Crippen LogP contribution in [0.1, 0.15) is 24.0 Å². The van der Waals surface area contributed by atoms with Gasteiger partial charge in [-0.15, -0.1) is 0 Å². The first-order valence-electron chi connectivity index (χ1n) is 4.86. The number of rotatable bonds is 4. The van der Waals surface area contributed by atoms with Crippen LogP contribution >= 0.6 is 0 Å². The Morgan fingerprint density at radius 2 is 1.53 bits per heavy atom. The van der Waals surface area contributed by atoms with Crippen molar-refractivity contribution in [3.63, 3.8) is 0 Å². The van der Waals surface area contributed by atoms with Crippen LogP contribution in [-0.4, -0.2) is 6.18 Å². The maximum Gasteiger partial charge on any atom is 0.389 e. The van der Waals surface area contributed by atoms with Gasteiger partial charge in [0.05, 0.1) is 0 Å². The van der Waals surface area contributed by atoms with Crippen molar-refractivity contribution in [2.75, 3.05) is 0 Å². The van der Waals surface area contributed by atoms with E-state index in [1.54, 1.807) is 0 Å². The molecule has 0 fully saturated rings. The lowest BCUT2D eigenvalue weighted by molar-refractivity contribution is -0.135. The highest BCUT2D eigenvalue weighted by atomic mass is 19.4. The van der Waals surface area contributed by atoms with E-state index in [2.05, 4.69) is 0 Å². The Hall–Kier alpha value is -1.03. The molecular formula is C11H14F3N. The van der Waals surface area contributed by atoms with Gasteiger partial charge in [0, 0.05) is 13.0 Å². The molecule has 4 heteroatoms. The Labute approximate surface area is 87.1 Å². The fourth-order valence-corrected chi connectivity index (χ4v) is 1.33. The van der Waals surface area contributed by atoms with Gasteiger partial charge in [0.1, 0.15) is 0 Å². The first kappa shape index (κ1) is 12.0. The van der Waals surface area contributed by atoms with E-state index in [0.29, 0.717) is 13.0 Å². The quantitative estimate of drug-likeness (QED) is 0.824. The molecule has 0 aliphatic heterocycles. The van der Waals surface area contributed by atoms with Gasteiger partial charge >= 0.3 is 6.18 Å². The molecule has 1 aromatic carbocycles. The van der Waals surface area contributed by atoms with Crippen LogP contribution in [0, 0.1) is 0 Å². The molecule has 2 N–H and O–H groups in total. The zero-order valence-corrected chi connectivity index (χ0v) is 8.35. The van der Waals surface area contributed by atoms with Crippen LogP contribution < -0.4 is 5.73 Å². The molecule has 0 bridgehead atoms. The van der Waals surface area contributed by atoms with Crippen molar-refractivity contribution in [3.8, 4) is 0 Å². The SMILES string of the molecule is NCc1ccc(CCCC(F)(F)F)cc1. The summed E-state index contributed by atoms with van der Waals surface area (Å²) in [7, 11) is 0. The van der Waals surface area contributed by atoms with Gasteiger partial charge in [0.25, 0.3) is 0 Å². The second-order valence-corrected chi connectivity index (χ2v) is 3.49. The summed E-state index contributed by atoms with van der Waals surface area (Å²) in [5.74, 6) is 0. The smallest absolute Gasteiger partial charge is 0.326 e. The lowest BCUT2D eigenvalue weighted by Gasteiger charge is -2.06. The van der Waals surface area contributed by atoms with Crippen LogP contribution in [0.25, 0.3) is 0 Å². The topological polar surface area (TPSA) is 26.0 Å². The van der Waals surface area contributed by atoms with Crippen LogP contribution in [0.4, 0.5) is 13.2 Å². The summed E-state index contributed by atoms with van der Waals surface area (Å²) >= 11 is 0. The maximum absolute atomic E-state index is 11.9. The largest absolute Gasteiger partial charge is 0.389 e. The minimum Gasteiger partial charge on any atom is -0.326 e. The van der Waals surface area contributed by atoms with Crippen LogP contribution in [0.15, 0.2) is 24.3 Å². The molecule has 1 nitrogen and oxygen atoms in total. The molecule has 1 aromatic rings. The molecule has 0 spiro atoms. The fraction of sp³-hybridized carbons (Fsp3) is 0.455. The Bertz CT molecular complexity index is 290. The van der Waals surface area contributed by atoms with Crippen molar-refractivity contribution in [1.82, 2.24) is 0 Å². The van der Waals surface area contributed by atoms with Crippen molar-refractivity contribution < 1.29 is 13.2 Å². The third-order valence-corrected chi connectivity index (χ3v) is 2.18. The molecule has 0 aliphatic rings.